The second kappa shape index (κ2) is 36.3. The van der Waals surface area contributed by atoms with E-state index in [4.69, 9.17) is 53.5 Å². The highest BCUT2D eigenvalue weighted by Gasteiger charge is 2.45. The molecule has 4 aliphatic heterocycles. The zero-order valence-corrected chi connectivity index (χ0v) is 69.9. The van der Waals surface area contributed by atoms with Crippen LogP contribution >= 0.6 is 66.6 Å². The van der Waals surface area contributed by atoms with E-state index in [1.54, 1.807) is 100.0 Å². The van der Waals surface area contributed by atoms with Crippen molar-refractivity contribution < 1.29 is 125 Å². The molecule has 0 saturated carbocycles. The Kier molecular flexibility index (Phi) is 28.4. The summed E-state index contributed by atoms with van der Waals surface area (Å²) in [6.07, 6.45) is 4.95. The number of nitrogen functional groups attached to an aromatic ring is 1. The number of aromatic nitrogens is 3. The van der Waals surface area contributed by atoms with Crippen molar-refractivity contribution in [1.82, 2.24) is 30.5 Å². The molecule has 36 nitrogen and oxygen atoms in total. The van der Waals surface area contributed by atoms with Crippen molar-refractivity contribution in [3.8, 4) is 29.1 Å². The lowest BCUT2D eigenvalue weighted by atomic mass is 9.84. The van der Waals surface area contributed by atoms with Gasteiger partial charge in [-0.2, -0.15) is 25.5 Å². The zero-order valence-electron chi connectivity index (χ0n) is 62.3. The standard InChI is InChI=1S/C69H82N9O27P3S6/c1-38(110-109-9)101-55-28-58(103-56(55)32-100-107(87,88)105-108(89,90)104-106(84,85)86)78-31-41(60-62(70)74-37-75-63(60)78)13-11-17-71-57(79)33-97-20-21-98-59(111-112-67(2,3)4)34-99-44-14-10-12-39(22-44)64(80)72-18-19-73-65(81)40-15-16-45(66(82)83)48(23-40)61-49-24-46-42(35-113(91,92)93)29-68(5,6)76-51(46)26-53(49)102-54-27-52-47(25-50(54)61)43(36-114(94,95)96)30-69(7,8)77-52/h10,12,14-16,22-27,29-31,37-38,55-56,58-59,76H,17-21,28,32-36H2,1-9H3,(H,71,79)(H,72,80)(H,73,81)(H,82,83)(H,87,88)(H,89,90)(H2,70,74,75)(H2,84,85,86)(H,91,92,93)(H,94,95,96)/t38-,55-,56-,58-,59?/m1/s1. The maximum atomic E-state index is 14.2. The van der Waals surface area contributed by atoms with Gasteiger partial charge in [-0.1, -0.05) is 94.0 Å². The Morgan fingerprint density at radius 2 is 1.52 bits per heavy atom. The fraction of sp³-hybridized carbons (Fsp3) is 0.406. The van der Waals surface area contributed by atoms with E-state index in [2.05, 4.69) is 51.7 Å². The molecule has 1 fully saturated rings. The van der Waals surface area contributed by atoms with E-state index in [0.29, 0.717) is 33.3 Å². The molecular weight excluding hydrogens is 1670 g/mol. The molecule has 13 N–H and O–H groups in total. The first-order valence-corrected chi connectivity index (χ1v) is 46.9. The van der Waals surface area contributed by atoms with Gasteiger partial charge in [-0.3, -0.25) is 33.0 Å². The highest BCUT2D eigenvalue weighted by molar-refractivity contribution is 8.77. The Morgan fingerprint density at radius 3 is 2.18 bits per heavy atom. The average Bonchev–Trinajstić information content (AvgIpc) is 0.918. The molecule has 3 unspecified atom stereocenters. The van der Waals surface area contributed by atoms with Crippen LogP contribution in [0.5, 0.6) is 17.2 Å². The fourth-order valence-corrected chi connectivity index (χ4v) is 20.3. The van der Waals surface area contributed by atoms with Gasteiger partial charge in [-0.25, -0.2) is 28.5 Å². The number of hydrogen-bond donors (Lipinski definition) is 12. The summed E-state index contributed by atoms with van der Waals surface area (Å²) in [5.74, 6) is 1.84. The number of phosphoric ester groups is 1. The van der Waals surface area contributed by atoms with Gasteiger partial charge in [0.15, 0.2) is 0 Å². The Bertz CT molecular complexity index is 5420. The van der Waals surface area contributed by atoms with Crippen molar-refractivity contribution in [3.63, 3.8) is 0 Å². The third-order valence-electron chi connectivity index (χ3n) is 16.5. The van der Waals surface area contributed by atoms with Crippen LogP contribution in [0.4, 0.5) is 11.5 Å². The zero-order chi connectivity index (χ0) is 83.3. The normalized spacial score (nSPS) is 18.5. The molecule has 10 rings (SSSR count). The van der Waals surface area contributed by atoms with Crippen molar-refractivity contribution in [3.05, 3.63) is 146 Å². The fourth-order valence-electron chi connectivity index (χ4n) is 12.4. The summed E-state index contributed by atoms with van der Waals surface area (Å²) in [5, 5.41) is 23.2. The monoisotopic (exact) mass is 1750 g/mol. The largest absolute Gasteiger partial charge is 0.490 e. The van der Waals surface area contributed by atoms with Crippen LogP contribution in [0.2, 0.25) is 0 Å². The summed E-state index contributed by atoms with van der Waals surface area (Å²) < 4.78 is 157. The summed E-state index contributed by atoms with van der Waals surface area (Å²) >= 11 is 0. The number of nitrogens with one attached hydrogen (secondary N) is 4. The van der Waals surface area contributed by atoms with Crippen LogP contribution in [-0.4, -0.2) is 198 Å². The molecular formula is C69H82N9O27P3S6. The number of amides is 3. The molecule has 0 radical (unpaired) electrons. The number of carbonyl (C=O) groups is 4. The lowest BCUT2D eigenvalue weighted by Gasteiger charge is -2.34. The molecule has 616 valence electrons. The summed E-state index contributed by atoms with van der Waals surface area (Å²) in [4.78, 5) is 105. The second-order valence-electron chi connectivity index (χ2n) is 27.9. The number of phosphoric acid groups is 3. The summed E-state index contributed by atoms with van der Waals surface area (Å²) in [5.41, 5.74) is 5.79. The first-order valence-electron chi connectivity index (χ1n) is 34.3. The van der Waals surface area contributed by atoms with Crippen LogP contribution in [0.1, 0.15) is 127 Å². The van der Waals surface area contributed by atoms with E-state index < -0.39 is 126 Å². The Balaban J connectivity index is 0.743. The Labute approximate surface area is 670 Å². The third-order valence-corrected chi connectivity index (χ3v) is 27.2. The predicted octanol–water partition coefficient (Wildman–Crippen LogP) is 7.84. The summed E-state index contributed by atoms with van der Waals surface area (Å²) in [6, 6.07) is 16.5. The van der Waals surface area contributed by atoms with Gasteiger partial charge in [-0.15, -0.1) is 0 Å². The molecule has 0 aliphatic carbocycles. The highest BCUT2D eigenvalue weighted by atomic mass is 33.1. The van der Waals surface area contributed by atoms with Gasteiger partial charge in [0.25, 0.3) is 32.1 Å². The van der Waals surface area contributed by atoms with E-state index in [0.717, 1.165) is 0 Å². The van der Waals surface area contributed by atoms with Crippen molar-refractivity contribution in [2.75, 3.05) is 81.5 Å². The number of rotatable bonds is 35. The van der Waals surface area contributed by atoms with Gasteiger partial charge in [0.05, 0.1) is 65.4 Å². The molecule has 1 saturated heterocycles. The van der Waals surface area contributed by atoms with Crippen LogP contribution in [0, 0.1) is 11.8 Å². The maximum Gasteiger partial charge on any atom is 0.490 e. The van der Waals surface area contributed by atoms with E-state index >= 15 is 0 Å². The molecule has 4 aromatic carbocycles. The van der Waals surface area contributed by atoms with E-state index in [1.165, 1.54) is 73.8 Å². The minimum atomic E-state index is -5.81. The van der Waals surface area contributed by atoms with Crippen molar-refractivity contribution in [1.29, 1.82) is 0 Å². The van der Waals surface area contributed by atoms with Gasteiger partial charge >= 0.3 is 29.4 Å². The lowest BCUT2D eigenvalue weighted by Crippen LogP contribution is -2.35. The molecule has 114 heavy (non-hydrogen) atoms. The molecule has 7 atom stereocenters. The van der Waals surface area contributed by atoms with Crippen molar-refractivity contribution >= 4 is 150 Å². The first-order chi connectivity index (χ1) is 53.2. The number of benzene rings is 4. The van der Waals surface area contributed by atoms with E-state index in [9.17, 15) is 73.7 Å². The smallest absolute Gasteiger partial charge is 0.490 e. The Morgan fingerprint density at radius 1 is 0.825 bits per heavy atom. The van der Waals surface area contributed by atoms with Crippen LogP contribution in [-0.2, 0) is 70.8 Å². The number of carboxylic acids is 1. The van der Waals surface area contributed by atoms with Crippen LogP contribution in [0.3, 0.4) is 0 Å². The maximum absolute atomic E-state index is 14.2. The number of ether oxygens (including phenoxy) is 6. The van der Waals surface area contributed by atoms with E-state index in [-0.39, 0.29) is 136 Å². The third kappa shape index (κ3) is 24.7. The number of hydrogen-bond acceptors (Lipinski definition) is 29. The van der Waals surface area contributed by atoms with Crippen LogP contribution in [0.15, 0.2) is 96.4 Å². The van der Waals surface area contributed by atoms with Crippen molar-refractivity contribution in [2.24, 2.45) is 4.99 Å². The number of nitrogens with zero attached hydrogens (tertiary/aromatic N) is 4. The van der Waals surface area contributed by atoms with Gasteiger partial charge < -0.3 is 84.7 Å². The summed E-state index contributed by atoms with van der Waals surface area (Å²) in [7, 11) is -20.5. The predicted molar refractivity (Wildman–Crippen MR) is 427 cm³/mol. The number of carboxylic acid groups (broad SMARTS) is 1. The molecule has 0 bridgehead atoms. The molecule has 3 amide bonds. The topological polar surface area (TPSA) is 530 Å². The van der Waals surface area contributed by atoms with Gasteiger partial charge in [-0.05, 0) is 106 Å². The highest BCUT2D eigenvalue weighted by Crippen LogP contribution is 2.66. The molecule has 2 aromatic heterocycles. The average molecular weight is 1750 g/mol. The molecule has 0 spiro atoms. The van der Waals surface area contributed by atoms with Gasteiger partial charge in [0, 0.05) is 86.9 Å². The molecule has 6 aromatic rings. The van der Waals surface area contributed by atoms with Crippen LogP contribution in [0.25, 0.3) is 27.8 Å². The molecule has 6 heterocycles. The van der Waals surface area contributed by atoms with Gasteiger partial charge in [0.2, 0.25) is 5.91 Å². The number of nitrogens with two attached hydrogens (primary N) is 1. The number of fused-ring (bicyclic) bond motifs is 5. The minimum Gasteiger partial charge on any atom is -0.490 e. The first kappa shape index (κ1) is 89.1. The summed E-state index contributed by atoms with van der Waals surface area (Å²) in [6.45, 7) is 13.4. The van der Waals surface area contributed by atoms with Crippen LogP contribution < -0.4 is 47.1 Å². The number of carbonyl (C=O) groups excluding carboxylic acids is 3. The number of anilines is 2. The minimum absolute atomic E-state index is 0.00231. The quantitative estimate of drug-likeness (QED) is 0.00449. The molecule has 45 heteroatoms. The second-order valence-corrected chi connectivity index (χ2v) is 41.2. The number of aromatic carboxylic acids is 1. The Hall–Kier alpha value is -7.24. The van der Waals surface area contributed by atoms with Gasteiger partial charge in [0.1, 0.15) is 83.0 Å². The van der Waals surface area contributed by atoms with Crippen molar-refractivity contribution in [2.45, 2.75) is 107 Å². The molecule has 4 aliphatic rings. The lowest BCUT2D eigenvalue weighted by molar-refractivity contribution is -0.126. The van der Waals surface area contributed by atoms with E-state index in [1.807, 2.05) is 27.0 Å². The SMILES string of the molecule is CSS[C@H](C)O[C@@H]1C[C@H](n2cc(C#CCNC(=O)COCCOC(COc3cccc(C(=O)NCCNC(=O)c4ccc(C(=O)O)c(C5=c6cc7c(cc6Oc6cc8c(cc65)C(CS(=O)(=O)O)=CC(C)(C)N8)=NC(C)(C)C=C7CS(=O)(=O)O)c4)c3)SSC(C)(C)C)c3c(N)ncnc32)O[C@@H]1COP(=O)(O)OP(=O)(O)OP(=O)(O)O.